The normalized spacial score (nSPS) is 11.2. The number of nitrogens with zero attached hydrogens (tertiary/aromatic N) is 1. The first-order valence-corrected chi connectivity index (χ1v) is 5.51. The average molecular weight is 264 g/mol. The minimum atomic E-state index is -0.711. The summed E-state index contributed by atoms with van der Waals surface area (Å²) in [6.45, 7) is 0. The van der Waals surface area contributed by atoms with E-state index < -0.39 is 11.7 Å². The van der Waals surface area contributed by atoms with Gasteiger partial charge in [0.05, 0.1) is 11.7 Å². The minimum Gasteiger partial charge on any atom is -0.364 e. The Morgan fingerprint density at radius 2 is 2.22 bits per heavy atom. The molecule has 90 valence electrons. The number of nitrogens with two attached hydrogens (primary N) is 1. The van der Waals surface area contributed by atoms with E-state index in [1.807, 2.05) is 0 Å². The number of H-pyrrole nitrogens is 1. The zero-order valence-corrected chi connectivity index (χ0v) is 9.75. The van der Waals surface area contributed by atoms with Crippen LogP contribution in [0.1, 0.15) is 10.5 Å². The molecule has 3 rings (SSSR count). The monoisotopic (exact) mass is 263 g/mol. The van der Waals surface area contributed by atoms with E-state index in [1.54, 1.807) is 18.2 Å². The fourth-order valence-corrected chi connectivity index (χ4v) is 2.20. The summed E-state index contributed by atoms with van der Waals surface area (Å²) in [7, 11) is 0. The highest BCUT2D eigenvalue weighted by Gasteiger charge is 2.16. The predicted molar refractivity (Wildman–Crippen MR) is 67.1 cm³/mol. The average Bonchev–Trinajstić information content (AvgIpc) is 2.68. The van der Waals surface area contributed by atoms with Crippen LogP contribution in [0, 0.1) is 5.82 Å². The fourth-order valence-electron chi connectivity index (χ4n) is 2.03. The summed E-state index contributed by atoms with van der Waals surface area (Å²) < 4.78 is 13.8. The number of nitrogens with one attached hydrogen (secondary N) is 1. The third-order valence-electron chi connectivity index (χ3n) is 2.78. The maximum Gasteiger partial charge on any atom is 0.269 e. The molecule has 0 fully saturated rings. The number of hydrogen-bond donors (Lipinski definition) is 2. The molecule has 0 bridgehead atoms. The number of carbonyl (C=O) groups excluding carboxylic acids is 1. The van der Waals surface area contributed by atoms with Crippen LogP contribution >= 0.6 is 11.6 Å². The summed E-state index contributed by atoms with van der Waals surface area (Å²) >= 11 is 5.89. The molecular weight excluding hydrogens is 257 g/mol. The van der Waals surface area contributed by atoms with Gasteiger partial charge in [-0.2, -0.15) is 0 Å². The number of primary amides is 1. The first kappa shape index (κ1) is 11.0. The number of hydrogen-bond acceptors (Lipinski definition) is 2. The third kappa shape index (κ3) is 1.44. The van der Waals surface area contributed by atoms with Crippen LogP contribution < -0.4 is 5.73 Å². The molecule has 0 atom stereocenters. The lowest BCUT2D eigenvalue weighted by molar-refractivity contribution is 0.0997. The van der Waals surface area contributed by atoms with Gasteiger partial charge in [-0.1, -0.05) is 11.6 Å². The van der Waals surface area contributed by atoms with Crippen LogP contribution in [0.5, 0.6) is 0 Å². The lowest BCUT2D eigenvalue weighted by Gasteiger charge is -1.98. The van der Waals surface area contributed by atoms with Crippen molar-refractivity contribution in [2.75, 3.05) is 0 Å². The van der Waals surface area contributed by atoms with Crippen LogP contribution in [0.2, 0.25) is 5.02 Å². The lowest BCUT2D eigenvalue weighted by Crippen LogP contribution is -2.13. The summed E-state index contributed by atoms with van der Waals surface area (Å²) in [5.41, 5.74) is 6.19. The summed E-state index contributed by atoms with van der Waals surface area (Å²) in [5.74, 6) is -1.24. The largest absolute Gasteiger partial charge is 0.364 e. The SMILES string of the molecule is NC(=O)c1ncc(F)c2c1[nH]c1ccc(Cl)cc12. The molecule has 0 unspecified atom stereocenters. The molecule has 18 heavy (non-hydrogen) atoms. The number of carbonyl (C=O) groups is 1. The zero-order valence-electron chi connectivity index (χ0n) is 9.00. The van der Waals surface area contributed by atoms with Gasteiger partial charge in [0.25, 0.3) is 5.91 Å². The summed E-state index contributed by atoms with van der Waals surface area (Å²) in [5, 5.41) is 1.36. The molecule has 6 heteroatoms. The molecule has 3 N–H and O–H groups in total. The van der Waals surface area contributed by atoms with E-state index in [2.05, 4.69) is 9.97 Å². The van der Waals surface area contributed by atoms with Crippen LogP contribution in [0.25, 0.3) is 21.8 Å². The highest BCUT2D eigenvalue weighted by molar-refractivity contribution is 6.32. The van der Waals surface area contributed by atoms with Crippen LogP contribution in [0.15, 0.2) is 24.4 Å². The number of pyridine rings is 1. The molecule has 0 aliphatic carbocycles. The van der Waals surface area contributed by atoms with Gasteiger partial charge in [0.15, 0.2) is 11.5 Å². The molecule has 2 heterocycles. The summed E-state index contributed by atoms with van der Waals surface area (Å²) in [6, 6.07) is 5.01. The van der Waals surface area contributed by atoms with Gasteiger partial charge >= 0.3 is 0 Å². The van der Waals surface area contributed by atoms with Gasteiger partial charge < -0.3 is 10.7 Å². The van der Waals surface area contributed by atoms with Gasteiger partial charge in [-0.15, -0.1) is 0 Å². The van der Waals surface area contributed by atoms with Gasteiger partial charge in [0.2, 0.25) is 0 Å². The van der Waals surface area contributed by atoms with E-state index in [4.69, 9.17) is 17.3 Å². The fraction of sp³-hybridized carbons (Fsp3) is 0. The second-order valence-corrected chi connectivity index (χ2v) is 4.32. The van der Waals surface area contributed by atoms with Crippen LogP contribution in [-0.4, -0.2) is 15.9 Å². The summed E-state index contributed by atoms with van der Waals surface area (Å²) in [4.78, 5) is 17.9. The molecule has 1 aromatic carbocycles. The van der Waals surface area contributed by atoms with Gasteiger partial charge in [-0.3, -0.25) is 4.79 Å². The Labute approximate surface area is 106 Å². The molecule has 0 spiro atoms. The Balaban J connectivity index is 2.56. The first-order chi connectivity index (χ1) is 8.58. The Hall–Kier alpha value is -2.14. The highest BCUT2D eigenvalue weighted by atomic mass is 35.5. The van der Waals surface area contributed by atoms with Crippen molar-refractivity contribution in [3.05, 3.63) is 40.9 Å². The molecule has 1 amide bonds. The minimum absolute atomic E-state index is 0.0127. The Kier molecular flexibility index (Phi) is 2.24. The van der Waals surface area contributed by atoms with Crippen LogP contribution in [-0.2, 0) is 0 Å². The molecule has 0 aliphatic heterocycles. The maximum absolute atomic E-state index is 13.8. The quantitative estimate of drug-likeness (QED) is 0.708. The van der Waals surface area contributed by atoms with E-state index in [0.717, 1.165) is 6.20 Å². The Morgan fingerprint density at radius 1 is 1.44 bits per heavy atom. The lowest BCUT2D eigenvalue weighted by atomic mass is 10.1. The summed E-state index contributed by atoms with van der Waals surface area (Å²) in [6.07, 6.45) is 0.983. The van der Waals surface area contributed by atoms with Gasteiger partial charge in [-0.25, -0.2) is 9.37 Å². The Bertz CT molecular complexity index is 797. The maximum atomic E-state index is 13.8. The van der Waals surface area contributed by atoms with Crippen molar-refractivity contribution in [1.29, 1.82) is 0 Å². The van der Waals surface area contributed by atoms with E-state index in [9.17, 15) is 9.18 Å². The zero-order chi connectivity index (χ0) is 12.9. The van der Waals surface area contributed by atoms with E-state index >= 15 is 0 Å². The molecule has 0 aliphatic rings. The number of halogens is 2. The van der Waals surface area contributed by atoms with Crippen molar-refractivity contribution in [2.45, 2.75) is 0 Å². The number of fused-ring (bicyclic) bond motifs is 3. The van der Waals surface area contributed by atoms with Gasteiger partial charge in [0, 0.05) is 21.3 Å². The second kappa shape index (κ2) is 3.68. The van der Waals surface area contributed by atoms with Crippen molar-refractivity contribution < 1.29 is 9.18 Å². The molecule has 0 radical (unpaired) electrons. The van der Waals surface area contributed by atoms with Crippen molar-refractivity contribution >= 4 is 39.3 Å². The number of rotatable bonds is 1. The topological polar surface area (TPSA) is 71.8 Å². The van der Waals surface area contributed by atoms with Crippen LogP contribution in [0.4, 0.5) is 4.39 Å². The molecule has 0 saturated carbocycles. The molecule has 3 aromatic rings. The smallest absolute Gasteiger partial charge is 0.269 e. The van der Waals surface area contributed by atoms with Gasteiger partial charge in [-0.05, 0) is 18.2 Å². The first-order valence-electron chi connectivity index (χ1n) is 5.13. The Morgan fingerprint density at radius 3 is 2.94 bits per heavy atom. The molecule has 0 saturated heterocycles. The van der Waals surface area contributed by atoms with E-state index in [0.29, 0.717) is 21.4 Å². The van der Waals surface area contributed by atoms with Crippen molar-refractivity contribution in [1.82, 2.24) is 9.97 Å². The van der Waals surface area contributed by atoms with Crippen molar-refractivity contribution in [2.24, 2.45) is 5.73 Å². The van der Waals surface area contributed by atoms with E-state index in [-0.39, 0.29) is 11.1 Å². The number of benzene rings is 1. The second-order valence-electron chi connectivity index (χ2n) is 3.88. The number of aromatic amines is 1. The van der Waals surface area contributed by atoms with E-state index in [1.165, 1.54) is 0 Å². The molecule has 4 nitrogen and oxygen atoms in total. The van der Waals surface area contributed by atoms with Crippen LogP contribution in [0.3, 0.4) is 0 Å². The number of amides is 1. The molecule has 2 aromatic heterocycles. The standard InChI is InChI=1S/C12H7ClFN3O/c13-5-1-2-8-6(3-5)9-7(14)4-16-11(12(15)18)10(9)17-8/h1-4,17H,(H2,15,18). The highest BCUT2D eigenvalue weighted by Crippen LogP contribution is 2.30. The molecular formula is C12H7ClFN3O. The van der Waals surface area contributed by atoms with Gasteiger partial charge in [0.1, 0.15) is 0 Å². The predicted octanol–water partition coefficient (Wildman–Crippen LogP) is 2.61. The van der Waals surface area contributed by atoms with Crippen molar-refractivity contribution in [3.63, 3.8) is 0 Å². The van der Waals surface area contributed by atoms with Crippen molar-refractivity contribution in [3.8, 4) is 0 Å². The third-order valence-corrected chi connectivity index (χ3v) is 3.01. The number of aromatic nitrogens is 2.